The van der Waals surface area contributed by atoms with Gasteiger partial charge in [-0.05, 0) is 41.3 Å². The maximum Gasteiger partial charge on any atom is 0.0320 e. The molecule has 0 unspecified atom stereocenters. The normalized spacial score (nSPS) is 10.5. The van der Waals surface area contributed by atoms with Crippen LogP contribution in [0.3, 0.4) is 0 Å². The lowest BCUT2D eigenvalue weighted by Gasteiger charge is -2.01. The molecule has 1 nitrogen and oxygen atoms in total. The fourth-order valence-corrected chi connectivity index (χ4v) is 1.82. The summed E-state index contributed by atoms with van der Waals surface area (Å²) in [6, 6.07) is 12.4. The standard InChI is InChI=1S/C11H11NS/c1-13-11-5-3-8-6-10(12)4-2-9(8)7-11/h2-7H,12H2,1H3. The molecule has 2 heteroatoms. The Hall–Kier alpha value is -1.15. The third-order valence-electron chi connectivity index (χ3n) is 2.07. The number of nitrogen functional groups attached to an aromatic ring is 1. The van der Waals surface area contributed by atoms with Crippen molar-refractivity contribution in [3.8, 4) is 0 Å². The molecule has 2 aromatic rings. The molecule has 0 aromatic heterocycles. The molecule has 0 saturated heterocycles. The zero-order valence-corrected chi connectivity index (χ0v) is 8.27. The largest absolute Gasteiger partial charge is 0.399 e. The van der Waals surface area contributed by atoms with E-state index in [1.807, 2.05) is 12.1 Å². The Morgan fingerprint density at radius 1 is 1.00 bits per heavy atom. The van der Waals surface area contributed by atoms with Crippen molar-refractivity contribution in [2.45, 2.75) is 4.90 Å². The van der Waals surface area contributed by atoms with Gasteiger partial charge in [-0.3, -0.25) is 0 Å². The van der Waals surface area contributed by atoms with Crippen molar-refractivity contribution in [2.24, 2.45) is 0 Å². The van der Waals surface area contributed by atoms with E-state index in [4.69, 9.17) is 5.73 Å². The number of nitrogens with two attached hydrogens (primary N) is 1. The van der Waals surface area contributed by atoms with Crippen LogP contribution < -0.4 is 5.73 Å². The first kappa shape index (κ1) is 8.45. The molecule has 0 heterocycles. The summed E-state index contributed by atoms with van der Waals surface area (Å²) in [6.07, 6.45) is 2.08. The second-order valence-electron chi connectivity index (χ2n) is 2.97. The Labute approximate surface area is 81.9 Å². The van der Waals surface area contributed by atoms with E-state index in [0.717, 1.165) is 5.69 Å². The van der Waals surface area contributed by atoms with Gasteiger partial charge in [0.15, 0.2) is 0 Å². The molecule has 0 aliphatic heterocycles. The lowest BCUT2D eigenvalue weighted by Crippen LogP contribution is -1.83. The monoisotopic (exact) mass is 189 g/mol. The van der Waals surface area contributed by atoms with Gasteiger partial charge in [0, 0.05) is 10.6 Å². The lowest BCUT2D eigenvalue weighted by atomic mass is 10.1. The van der Waals surface area contributed by atoms with Crippen LogP contribution in [0.25, 0.3) is 10.8 Å². The number of benzene rings is 2. The van der Waals surface area contributed by atoms with E-state index in [9.17, 15) is 0 Å². The van der Waals surface area contributed by atoms with Gasteiger partial charge >= 0.3 is 0 Å². The highest BCUT2D eigenvalue weighted by molar-refractivity contribution is 7.98. The summed E-state index contributed by atoms with van der Waals surface area (Å²) in [4.78, 5) is 1.29. The summed E-state index contributed by atoms with van der Waals surface area (Å²) in [5, 5.41) is 2.46. The van der Waals surface area contributed by atoms with Crippen molar-refractivity contribution >= 4 is 28.2 Å². The second kappa shape index (κ2) is 3.30. The number of hydrogen-bond donors (Lipinski definition) is 1. The van der Waals surface area contributed by atoms with Crippen LogP contribution in [0.5, 0.6) is 0 Å². The van der Waals surface area contributed by atoms with Gasteiger partial charge < -0.3 is 5.73 Å². The summed E-state index contributed by atoms with van der Waals surface area (Å²) >= 11 is 1.76. The number of anilines is 1. The topological polar surface area (TPSA) is 26.0 Å². The van der Waals surface area contributed by atoms with Gasteiger partial charge in [-0.2, -0.15) is 0 Å². The first-order chi connectivity index (χ1) is 6.29. The molecule has 0 amide bonds. The van der Waals surface area contributed by atoms with Crippen LogP contribution in [0, 0.1) is 0 Å². The van der Waals surface area contributed by atoms with Gasteiger partial charge in [-0.1, -0.05) is 12.1 Å². The molecule has 0 fully saturated rings. The van der Waals surface area contributed by atoms with E-state index in [2.05, 4.69) is 30.5 Å². The van der Waals surface area contributed by atoms with Crippen molar-refractivity contribution < 1.29 is 0 Å². The van der Waals surface area contributed by atoms with Gasteiger partial charge in [0.25, 0.3) is 0 Å². The molecule has 0 atom stereocenters. The Balaban J connectivity index is 2.66. The highest BCUT2D eigenvalue weighted by atomic mass is 32.2. The van der Waals surface area contributed by atoms with E-state index in [-0.39, 0.29) is 0 Å². The molecular formula is C11H11NS. The minimum absolute atomic E-state index is 0.824. The molecule has 2 rings (SSSR count). The zero-order chi connectivity index (χ0) is 9.26. The molecule has 2 N–H and O–H groups in total. The highest BCUT2D eigenvalue weighted by Gasteiger charge is 1.95. The van der Waals surface area contributed by atoms with Crippen molar-refractivity contribution in [2.75, 3.05) is 12.0 Å². The molecule has 0 saturated carbocycles. The summed E-state index contributed by atoms with van der Waals surface area (Å²) in [5.41, 5.74) is 6.51. The van der Waals surface area contributed by atoms with Gasteiger partial charge in [0.1, 0.15) is 0 Å². The highest BCUT2D eigenvalue weighted by Crippen LogP contribution is 2.23. The molecule has 13 heavy (non-hydrogen) atoms. The molecule has 0 bridgehead atoms. The smallest absolute Gasteiger partial charge is 0.0320 e. The number of thioether (sulfide) groups is 1. The average Bonchev–Trinajstić information content (AvgIpc) is 2.17. The second-order valence-corrected chi connectivity index (χ2v) is 3.85. The predicted octanol–water partition coefficient (Wildman–Crippen LogP) is 3.14. The average molecular weight is 189 g/mol. The maximum absolute atomic E-state index is 5.69. The Morgan fingerprint density at radius 3 is 2.46 bits per heavy atom. The quantitative estimate of drug-likeness (QED) is 0.551. The molecule has 66 valence electrons. The van der Waals surface area contributed by atoms with E-state index in [1.165, 1.54) is 15.7 Å². The molecule has 0 radical (unpaired) electrons. The summed E-state index contributed by atoms with van der Waals surface area (Å²) in [6.45, 7) is 0. The molecule has 2 aromatic carbocycles. The fraction of sp³-hybridized carbons (Fsp3) is 0.0909. The number of fused-ring (bicyclic) bond motifs is 1. The zero-order valence-electron chi connectivity index (χ0n) is 7.45. The molecule has 0 aliphatic rings. The van der Waals surface area contributed by atoms with Crippen molar-refractivity contribution in [1.82, 2.24) is 0 Å². The summed E-state index contributed by atoms with van der Waals surface area (Å²) < 4.78 is 0. The Kier molecular flexibility index (Phi) is 2.15. The van der Waals surface area contributed by atoms with Crippen LogP contribution in [0.4, 0.5) is 5.69 Å². The van der Waals surface area contributed by atoms with Gasteiger partial charge in [-0.25, -0.2) is 0 Å². The van der Waals surface area contributed by atoms with Gasteiger partial charge in [0.05, 0.1) is 0 Å². The van der Waals surface area contributed by atoms with Crippen LogP contribution in [0.1, 0.15) is 0 Å². The SMILES string of the molecule is CSc1ccc2cc(N)ccc2c1. The van der Waals surface area contributed by atoms with Crippen LogP contribution in [0.2, 0.25) is 0 Å². The van der Waals surface area contributed by atoms with E-state index >= 15 is 0 Å². The maximum atomic E-state index is 5.69. The van der Waals surface area contributed by atoms with E-state index < -0.39 is 0 Å². The summed E-state index contributed by atoms with van der Waals surface area (Å²) in [7, 11) is 0. The molecular weight excluding hydrogens is 178 g/mol. The first-order valence-corrected chi connectivity index (χ1v) is 5.35. The Bertz CT molecular complexity index is 437. The first-order valence-electron chi connectivity index (χ1n) is 4.13. The summed E-state index contributed by atoms with van der Waals surface area (Å²) in [5.74, 6) is 0. The van der Waals surface area contributed by atoms with Crippen LogP contribution in [-0.4, -0.2) is 6.26 Å². The third kappa shape index (κ3) is 1.63. The third-order valence-corrected chi connectivity index (χ3v) is 2.80. The fourth-order valence-electron chi connectivity index (χ4n) is 1.37. The number of hydrogen-bond acceptors (Lipinski definition) is 2. The molecule has 0 aliphatic carbocycles. The van der Waals surface area contributed by atoms with Crippen LogP contribution in [0.15, 0.2) is 41.3 Å². The van der Waals surface area contributed by atoms with Crippen LogP contribution >= 0.6 is 11.8 Å². The van der Waals surface area contributed by atoms with E-state index in [0.29, 0.717) is 0 Å². The van der Waals surface area contributed by atoms with Crippen LogP contribution in [-0.2, 0) is 0 Å². The predicted molar refractivity (Wildman–Crippen MR) is 60.1 cm³/mol. The van der Waals surface area contributed by atoms with Crippen molar-refractivity contribution in [1.29, 1.82) is 0 Å². The van der Waals surface area contributed by atoms with Gasteiger partial charge in [0.2, 0.25) is 0 Å². The molecule has 0 spiro atoms. The minimum Gasteiger partial charge on any atom is -0.399 e. The lowest BCUT2D eigenvalue weighted by molar-refractivity contribution is 1.51. The van der Waals surface area contributed by atoms with E-state index in [1.54, 1.807) is 11.8 Å². The Morgan fingerprint density at radius 2 is 1.69 bits per heavy atom. The van der Waals surface area contributed by atoms with Crippen molar-refractivity contribution in [3.05, 3.63) is 36.4 Å². The minimum atomic E-state index is 0.824. The number of rotatable bonds is 1. The van der Waals surface area contributed by atoms with Crippen molar-refractivity contribution in [3.63, 3.8) is 0 Å². The van der Waals surface area contributed by atoms with Gasteiger partial charge in [-0.15, -0.1) is 11.8 Å².